The number of likely N-dealkylation sites (tertiary alicyclic amines) is 1. The maximum atomic E-state index is 14.3. The topological polar surface area (TPSA) is 123 Å². The summed E-state index contributed by atoms with van der Waals surface area (Å²) in [5.41, 5.74) is 0.0608. The number of nitrogens with one attached hydrogen (secondary N) is 2. The summed E-state index contributed by atoms with van der Waals surface area (Å²) in [5, 5.41) is 16.7. The first-order valence-electron chi connectivity index (χ1n) is 14.6. The molecule has 5 rings (SSSR count). The Morgan fingerprint density at radius 1 is 1.16 bits per heavy atom. The van der Waals surface area contributed by atoms with Crippen LogP contribution in [0.2, 0.25) is 0 Å². The van der Waals surface area contributed by atoms with Crippen molar-refractivity contribution in [2.75, 3.05) is 18.9 Å². The predicted octanol–water partition coefficient (Wildman–Crippen LogP) is 4.37. The zero-order valence-corrected chi connectivity index (χ0v) is 25.5. The lowest BCUT2D eigenvalue weighted by atomic mass is 9.80. The second-order valence-corrected chi connectivity index (χ2v) is 13.0. The Kier molecular flexibility index (Phi) is 7.93. The number of nitriles is 1. The number of nitrogens with zero attached hydrogens (tertiary/aromatic N) is 3. The molecule has 2 aliphatic heterocycles. The van der Waals surface area contributed by atoms with Gasteiger partial charge in [-0.1, -0.05) is 63.2 Å². The van der Waals surface area contributed by atoms with Crippen molar-refractivity contribution < 1.29 is 23.6 Å². The van der Waals surface area contributed by atoms with E-state index in [4.69, 9.17) is 0 Å². The molecular formula is C34H36FN5O4. The van der Waals surface area contributed by atoms with Crippen molar-refractivity contribution in [1.82, 2.24) is 15.1 Å². The normalized spacial score (nSPS) is 20.5. The molecule has 4 amide bonds. The molecule has 0 radical (unpaired) electrons. The Bertz CT molecular complexity index is 1710. The van der Waals surface area contributed by atoms with Crippen LogP contribution in [0.3, 0.4) is 0 Å². The Hall–Kier alpha value is -4.78. The molecule has 0 aliphatic carbocycles. The summed E-state index contributed by atoms with van der Waals surface area (Å²) in [5.74, 6) is -2.41. The van der Waals surface area contributed by atoms with E-state index in [2.05, 4.69) is 16.7 Å². The fourth-order valence-electron chi connectivity index (χ4n) is 6.40. The molecule has 228 valence electrons. The van der Waals surface area contributed by atoms with E-state index in [1.807, 2.05) is 39.0 Å². The average Bonchev–Trinajstić information content (AvgIpc) is 3.51. The zero-order chi connectivity index (χ0) is 32.0. The summed E-state index contributed by atoms with van der Waals surface area (Å²) >= 11 is 0. The molecule has 1 fully saturated rings. The van der Waals surface area contributed by atoms with Crippen molar-refractivity contribution in [3.8, 4) is 6.07 Å². The predicted molar refractivity (Wildman–Crippen MR) is 164 cm³/mol. The molecule has 4 atom stereocenters. The number of amides is 4. The lowest BCUT2D eigenvalue weighted by molar-refractivity contribution is -0.146. The van der Waals surface area contributed by atoms with Crippen LogP contribution in [0.4, 0.5) is 10.1 Å². The van der Waals surface area contributed by atoms with Crippen LogP contribution in [0, 0.1) is 22.6 Å². The molecule has 2 aliphatic rings. The van der Waals surface area contributed by atoms with Gasteiger partial charge in [0.1, 0.15) is 23.9 Å². The standard InChI is InChI=1S/C34H36FN5O4/c1-20(37-29(41)25-15-22(35)14-21-10-6-7-11-24(21)25)30(42)39(5)28(17-33(2,3)4)31(43)40-19-34(16-23(40)18-36)26-12-8-9-13-27(26)38-32(34)44/h6-15,20,23,28H,16-17,19H2,1-5H3,(H,37,41)(H,38,44)/t20-,23-,28-,34-/m0/s1. The van der Waals surface area contributed by atoms with Gasteiger partial charge in [-0.2, -0.15) is 5.26 Å². The third-order valence-electron chi connectivity index (χ3n) is 8.61. The minimum absolute atomic E-state index is 0.00845. The first kappa shape index (κ1) is 30.7. The molecular weight excluding hydrogens is 561 g/mol. The van der Waals surface area contributed by atoms with Gasteiger partial charge in [-0.15, -0.1) is 0 Å². The fourth-order valence-corrected chi connectivity index (χ4v) is 6.40. The molecule has 10 heteroatoms. The second kappa shape index (κ2) is 11.4. The lowest BCUT2D eigenvalue weighted by Crippen LogP contribution is -2.56. The van der Waals surface area contributed by atoms with Crippen molar-refractivity contribution in [1.29, 1.82) is 5.26 Å². The Balaban J connectivity index is 1.39. The number of para-hydroxylation sites is 1. The summed E-state index contributed by atoms with van der Waals surface area (Å²) < 4.78 is 14.3. The van der Waals surface area contributed by atoms with Crippen LogP contribution in [0.5, 0.6) is 0 Å². The summed E-state index contributed by atoms with van der Waals surface area (Å²) in [6.45, 7) is 7.35. The van der Waals surface area contributed by atoms with E-state index in [0.29, 0.717) is 16.5 Å². The van der Waals surface area contributed by atoms with E-state index in [1.165, 1.54) is 29.8 Å². The lowest BCUT2D eigenvalue weighted by Gasteiger charge is -2.36. The largest absolute Gasteiger partial charge is 0.340 e. The summed E-state index contributed by atoms with van der Waals surface area (Å²) in [7, 11) is 1.50. The number of anilines is 1. The van der Waals surface area contributed by atoms with E-state index in [1.54, 1.807) is 30.3 Å². The molecule has 0 unspecified atom stereocenters. The molecule has 2 N–H and O–H groups in total. The van der Waals surface area contributed by atoms with Crippen molar-refractivity contribution >= 4 is 40.1 Å². The van der Waals surface area contributed by atoms with Crippen LogP contribution < -0.4 is 10.6 Å². The first-order valence-corrected chi connectivity index (χ1v) is 14.6. The van der Waals surface area contributed by atoms with E-state index >= 15 is 0 Å². The van der Waals surface area contributed by atoms with Gasteiger partial charge in [-0.05, 0) is 53.3 Å². The van der Waals surface area contributed by atoms with Gasteiger partial charge in [0.25, 0.3) is 5.91 Å². The third-order valence-corrected chi connectivity index (χ3v) is 8.61. The summed E-state index contributed by atoms with van der Waals surface area (Å²) in [6.07, 6.45) is 0.416. The van der Waals surface area contributed by atoms with Gasteiger partial charge in [0, 0.05) is 25.7 Å². The Labute approximate surface area is 256 Å². The number of carbonyl (C=O) groups excluding carboxylic acids is 4. The van der Waals surface area contributed by atoms with E-state index in [9.17, 15) is 28.8 Å². The molecule has 2 heterocycles. The highest BCUT2D eigenvalue weighted by Crippen LogP contribution is 2.46. The molecule has 9 nitrogen and oxygen atoms in total. The van der Waals surface area contributed by atoms with Gasteiger partial charge in [-0.3, -0.25) is 19.2 Å². The number of halogens is 1. The van der Waals surface area contributed by atoms with Gasteiger partial charge < -0.3 is 20.4 Å². The minimum atomic E-state index is -1.06. The fraction of sp³-hybridized carbons (Fsp3) is 0.382. The van der Waals surface area contributed by atoms with Gasteiger partial charge in [-0.25, -0.2) is 4.39 Å². The number of fused-ring (bicyclic) bond motifs is 3. The maximum absolute atomic E-state index is 14.3. The first-order chi connectivity index (χ1) is 20.8. The highest BCUT2D eigenvalue weighted by molar-refractivity contribution is 6.09. The molecule has 3 aromatic carbocycles. The maximum Gasteiger partial charge on any atom is 0.252 e. The molecule has 3 aromatic rings. The molecule has 1 saturated heterocycles. The summed E-state index contributed by atoms with van der Waals surface area (Å²) in [4.78, 5) is 57.2. The molecule has 1 spiro atoms. The van der Waals surface area contributed by atoms with Crippen LogP contribution in [0.1, 0.15) is 56.5 Å². The van der Waals surface area contributed by atoms with Crippen molar-refractivity contribution in [2.45, 2.75) is 64.1 Å². The number of carbonyl (C=O) groups is 4. The van der Waals surface area contributed by atoms with Crippen molar-refractivity contribution in [3.05, 3.63) is 77.6 Å². The highest BCUT2D eigenvalue weighted by atomic mass is 19.1. The molecule has 0 bridgehead atoms. The van der Waals surface area contributed by atoms with Gasteiger partial charge in [0.15, 0.2) is 0 Å². The van der Waals surface area contributed by atoms with Crippen molar-refractivity contribution in [3.63, 3.8) is 0 Å². The van der Waals surface area contributed by atoms with Crippen LogP contribution >= 0.6 is 0 Å². The Morgan fingerprint density at radius 3 is 2.55 bits per heavy atom. The quantitative estimate of drug-likeness (QED) is 0.437. The smallest absolute Gasteiger partial charge is 0.252 e. The van der Waals surface area contributed by atoms with Crippen molar-refractivity contribution in [2.24, 2.45) is 5.41 Å². The third kappa shape index (κ3) is 5.50. The average molecular weight is 598 g/mol. The summed E-state index contributed by atoms with van der Waals surface area (Å²) in [6, 6.07) is 15.9. The SMILES string of the molecule is C[C@H](NC(=O)c1cc(F)cc2ccccc12)C(=O)N(C)[C@@H](CC(C)(C)C)C(=O)N1C[C@]2(C[C@H]1C#N)C(=O)Nc1ccccc12. The minimum Gasteiger partial charge on any atom is -0.340 e. The van der Waals surface area contributed by atoms with Crippen LogP contribution in [-0.2, 0) is 19.8 Å². The highest BCUT2D eigenvalue weighted by Gasteiger charge is 2.57. The number of hydrogen-bond donors (Lipinski definition) is 2. The number of benzene rings is 3. The second-order valence-electron chi connectivity index (χ2n) is 13.0. The van der Waals surface area contributed by atoms with Gasteiger partial charge in [0.2, 0.25) is 17.7 Å². The van der Waals surface area contributed by atoms with E-state index < -0.39 is 52.5 Å². The monoisotopic (exact) mass is 597 g/mol. The van der Waals surface area contributed by atoms with E-state index in [-0.39, 0.29) is 30.9 Å². The van der Waals surface area contributed by atoms with Gasteiger partial charge in [0.05, 0.1) is 17.0 Å². The van der Waals surface area contributed by atoms with Crippen LogP contribution in [0.25, 0.3) is 10.8 Å². The molecule has 0 aromatic heterocycles. The van der Waals surface area contributed by atoms with Crippen LogP contribution in [0.15, 0.2) is 60.7 Å². The van der Waals surface area contributed by atoms with E-state index in [0.717, 1.165) is 11.6 Å². The number of hydrogen-bond acceptors (Lipinski definition) is 5. The zero-order valence-electron chi connectivity index (χ0n) is 25.5. The molecule has 44 heavy (non-hydrogen) atoms. The van der Waals surface area contributed by atoms with Gasteiger partial charge >= 0.3 is 0 Å². The number of likely N-dealkylation sites (N-methyl/N-ethyl adjacent to an activating group) is 1. The molecule has 0 saturated carbocycles. The number of rotatable bonds is 6. The van der Waals surface area contributed by atoms with Crippen LogP contribution in [-0.4, -0.2) is 65.1 Å². The Morgan fingerprint density at radius 2 is 1.84 bits per heavy atom.